The lowest BCUT2D eigenvalue weighted by Gasteiger charge is -2.09. The van der Waals surface area contributed by atoms with Crippen LogP contribution in [0, 0.1) is 18.3 Å². The van der Waals surface area contributed by atoms with Gasteiger partial charge in [0.1, 0.15) is 11.6 Å². The van der Waals surface area contributed by atoms with Crippen LogP contribution in [-0.2, 0) is 4.79 Å². The van der Waals surface area contributed by atoms with Crippen LogP contribution in [0.25, 0.3) is 6.08 Å². The highest BCUT2D eigenvalue weighted by atomic mass is 35.5. The zero-order valence-corrected chi connectivity index (χ0v) is 14.3. The maximum absolute atomic E-state index is 12.3. The zero-order chi connectivity index (χ0) is 16.8. The molecule has 0 bridgehead atoms. The average Bonchev–Trinajstić information content (AvgIpc) is 2.57. The minimum atomic E-state index is -0.452. The Bertz CT molecular complexity index is 792. The van der Waals surface area contributed by atoms with E-state index in [4.69, 9.17) is 11.6 Å². The molecule has 0 unspecified atom stereocenters. The average molecular weight is 343 g/mol. The lowest BCUT2D eigenvalue weighted by molar-refractivity contribution is -0.112. The van der Waals surface area contributed by atoms with Crippen molar-refractivity contribution in [2.75, 3.05) is 11.6 Å². The molecule has 0 saturated heterocycles. The van der Waals surface area contributed by atoms with Gasteiger partial charge in [-0.3, -0.25) is 4.79 Å². The largest absolute Gasteiger partial charge is 0.321 e. The fourth-order valence-corrected chi connectivity index (χ4v) is 2.53. The van der Waals surface area contributed by atoms with Gasteiger partial charge in [0.15, 0.2) is 0 Å². The van der Waals surface area contributed by atoms with E-state index in [1.54, 1.807) is 36.0 Å². The highest BCUT2D eigenvalue weighted by Crippen LogP contribution is 2.23. The fraction of sp³-hybridized carbons (Fsp3) is 0.111. The maximum atomic E-state index is 12.3. The summed E-state index contributed by atoms with van der Waals surface area (Å²) in [6.45, 7) is 1.81. The molecule has 1 N–H and O–H groups in total. The molecule has 116 valence electrons. The van der Waals surface area contributed by atoms with Crippen LogP contribution in [0.1, 0.15) is 11.1 Å². The quantitative estimate of drug-likeness (QED) is 0.487. The summed E-state index contributed by atoms with van der Waals surface area (Å²) in [5.41, 5.74) is 2.21. The first-order valence-corrected chi connectivity index (χ1v) is 8.47. The summed E-state index contributed by atoms with van der Waals surface area (Å²) in [4.78, 5) is 13.4. The molecule has 5 heteroatoms. The standard InChI is InChI=1S/C18H15ClN2OS/c1-12-16(19)4-3-5-17(12)21-18(22)14(11-20)10-13-6-8-15(23-2)9-7-13/h3-10H,1-2H3,(H,21,22)/b14-10-. The highest BCUT2D eigenvalue weighted by Gasteiger charge is 2.11. The maximum Gasteiger partial charge on any atom is 0.266 e. The molecule has 0 heterocycles. The van der Waals surface area contributed by atoms with E-state index in [-0.39, 0.29) is 5.57 Å². The Morgan fingerprint density at radius 2 is 1.96 bits per heavy atom. The third kappa shape index (κ3) is 4.38. The molecule has 0 saturated carbocycles. The van der Waals surface area contributed by atoms with Crippen LogP contribution in [0.2, 0.25) is 5.02 Å². The molecule has 0 aliphatic rings. The van der Waals surface area contributed by atoms with E-state index in [2.05, 4.69) is 5.32 Å². The number of carbonyl (C=O) groups excluding carboxylic acids is 1. The van der Waals surface area contributed by atoms with Gasteiger partial charge >= 0.3 is 0 Å². The molecule has 0 spiro atoms. The number of thioether (sulfide) groups is 1. The Hall–Kier alpha value is -2.22. The lowest BCUT2D eigenvalue weighted by atomic mass is 10.1. The number of amides is 1. The van der Waals surface area contributed by atoms with Crippen molar-refractivity contribution in [2.24, 2.45) is 0 Å². The topological polar surface area (TPSA) is 52.9 Å². The summed E-state index contributed by atoms with van der Waals surface area (Å²) in [5, 5.41) is 12.5. The van der Waals surface area contributed by atoms with Gasteiger partial charge in [-0.15, -0.1) is 11.8 Å². The molecular weight excluding hydrogens is 328 g/mol. The first-order chi connectivity index (χ1) is 11.0. The number of nitriles is 1. The molecule has 2 aromatic rings. The molecule has 23 heavy (non-hydrogen) atoms. The van der Waals surface area contributed by atoms with E-state index in [1.165, 1.54) is 0 Å². The molecule has 0 aromatic heterocycles. The number of anilines is 1. The summed E-state index contributed by atoms with van der Waals surface area (Å²) >= 11 is 7.67. The number of benzene rings is 2. The fourth-order valence-electron chi connectivity index (χ4n) is 1.95. The van der Waals surface area contributed by atoms with Crippen LogP contribution < -0.4 is 5.32 Å². The van der Waals surface area contributed by atoms with Crippen molar-refractivity contribution >= 4 is 41.0 Å². The SMILES string of the molecule is CSc1ccc(/C=C(/C#N)C(=O)Nc2cccc(Cl)c2C)cc1. The lowest BCUT2D eigenvalue weighted by Crippen LogP contribution is -2.14. The van der Waals surface area contributed by atoms with Crippen molar-refractivity contribution in [1.29, 1.82) is 5.26 Å². The first-order valence-electron chi connectivity index (χ1n) is 6.87. The van der Waals surface area contributed by atoms with Crippen LogP contribution in [0.5, 0.6) is 0 Å². The van der Waals surface area contributed by atoms with Crippen LogP contribution in [-0.4, -0.2) is 12.2 Å². The van der Waals surface area contributed by atoms with Crippen LogP contribution in [0.4, 0.5) is 5.69 Å². The number of halogens is 1. The Labute approximate surface area is 145 Å². The van der Waals surface area contributed by atoms with Gasteiger partial charge in [-0.25, -0.2) is 0 Å². The van der Waals surface area contributed by atoms with E-state index in [0.717, 1.165) is 16.0 Å². The van der Waals surface area contributed by atoms with Crippen molar-refractivity contribution in [3.05, 3.63) is 64.2 Å². The number of carbonyl (C=O) groups is 1. The van der Waals surface area contributed by atoms with Gasteiger partial charge in [0, 0.05) is 15.6 Å². The predicted octanol–water partition coefficient (Wildman–Crippen LogP) is 4.92. The summed E-state index contributed by atoms with van der Waals surface area (Å²) < 4.78 is 0. The van der Waals surface area contributed by atoms with Gasteiger partial charge in [-0.05, 0) is 54.6 Å². The molecule has 2 aromatic carbocycles. The minimum absolute atomic E-state index is 0.0428. The van der Waals surface area contributed by atoms with Gasteiger partial charge in [0.2, 0.25) is 0 Å². The second kappa shape index (κ2) is 7.87. The smallest absolute Gasteiger partial charge is 0.266 e. The molecule has 0 radical (unpaired) electrons. The summed E-state index contributed by atoms with van der Waals surface area (Å²) in [5.74, 6) is -0.452. The van der Waals surface area contributed by atoms with E-state index in [9.17, 15) is 10.1 Å². The van der Waals surface area contributed by atoms with Crippen LogP contribution >= 0.6 is 23.4 Å². The summed E-state index contributed by atoms with van der Waals surface area (Å²) in [6.07, 6.45) is 3.56. The Kier molecular flexibility index (Phi) is 5.86. The molecule has 0 aliphatic heterocycles. The molecule has 0 aliphatic carbocycles. The van der Waals surface area contributed by atoms with Crippen molar-refractivity contribution in [2.45, 2.75) is 11.8 Å². The molecule has 2 rings (SSSR count). The highest BCUT2D eigenvalue weighted by molar-refractivity contribution is 7.98. The predicted molar refractivity (Wildman–Crippen MR) is 96.6 cm³/mol. The number of rotatable bonds is 4. The molecule has 0 atom stereocenters. The molecular formula is C18H15ClN2OS. The first kappa shape index (κ1) is 17.1. The van der Waals surface area contributed by atoms with Gasteiger partial charge in [-0.2, -0.15) is 5.26 Å². The van der Waals surface area contributed by atoms with Gasteiger partial charge in [-0.1, -0.05) is 29.8 Å². The number of nitrogens with one attached hydrogen (secondary N) is 1. The molecule has 3 nitrogen and oxygen atoms in total. The monoisotopic (exact) mass is 342 g/mol. The van der Waals surface area contributed by atoms with Gasteiger partial charge in [0.05, 0.1) is 0 Å². The van der Waals surface area contributed by atoms with Gasteiger partial charge < -0.3 is 5.32 Å². The Morgan fingerprint density at radius 3 is 2.57 bits per heavy atom. The van der Waals surface area contributed by atoms with Crippen LogP contribution in [0.15, 0.2) is 52.9 Å². The number of nitrogens with zero attached hydrogens (tertiary/aromatic N) is 1. The Balaban J connectivity index is 2.22. The van der Waals surface area contributed by atoms with E-state index in [0.29, 0.717) is 10.7 Å². The van der Waals surface area contributed by atoms with Crippen molar-refractivity contribution < 1.29 is 4.79 Å². The summed E-state index contributed by atoms with van der Waals surface area (Å²) in [7, 11) is 0. The third-order valence-electron chi connectivity index (χ3n) is 3.31. The van der Waals surface area contributed by atoms with E-state index < -0.39 is 5.91 Å². The molecule has 0 fully saturated rings. The summed E-state index contributed by atoms with van der Waals surface area (Å²) in [6, 6.07) is 14.8. The van der Waals surface area contributed by atoms with E-state index >= 15 is 0 Å². The zero-order valence-electron chi connectivity index (χ0n) is 12.8. The normalized spacial score (nSPS) is 11.0. The Morgan fingerprint density at radius 1 is 1.26 bits per heavy atom. The minimum Gasteiger partial charge on any atom is -0.321 e. The second-order valence-corrected chi connectivity index (χ2v) is 6.10. The van der Waals surface area contributed by atoms with Crippen LogP contribution in [0.3, 0.4) is 0 Å². The van der Waals surface area contributed by atoms with E-state index in [1.807, 2.05) is 43.5 Å². The van der Waals surface area contributed by atoms with Crippen molar-refractivity contribution in [1.82, 2.24) is 0 Å². The van der Waals surface area contributed by atoms with Crippen molar-refractivity contribution in [3.63, 3.8) is 0 Å². The van der Waals surface area contributed by atoms with Gasteiger partial charge in [0.25, 0.3) is 5.91 Å². The van der Waals surface area contributed by atoms with Crippen molar-refractivity contribution in [3.8, 4) is 6.07 Å². The third-order valence-corrected chi connectivity index (χ3v) is 4.46. The second-order valence-electron chi connectivity index (χ2n) is 4.81. The number of hydrogen-bond acceptors (Lipinski definition) is 3. The number of hydrogen-bond donors (Lipinski definition) is 1. The molecule has 1 amide bonds.